The molecule has 4 heteroatoms. The number of amides is 1. The van der Waals surface area contributed by atoms with Crippen molar-refractivity contribution in [3.05, 3.63) is 23.8 Å². The minimum absolute atomic E-state index is 0.165. The molecule has 0 radical (unpaired) electrons. The first-order chi connectivity index (χ1) is 9.03. The number of nitrogens with one attached hydrogen (secondary N) is 1. The molecule has 0 aliphatic carbocycles. The maximum Gasteiger partial charge on any atom is 0.256 e. The summed E-state index contributed by atoms with van der Waals surface area (Å²) < 4.78 is 10.3. The molecule has 0 fully saturated rings. The molecule has 1 aromatic rings. The van der Waals surface area contributed by atoms with E-state index in [2.05, 4.69) is 11.2 Å². The average Bonchev–Trinajstić information content (AvgIpc) is 2.43. The van der Waals surface area contributed by atoms with Crippen molar-refractivity contribution in [3.63, 3.8) is 0 Å². The fourth-order valence-corrected chi connectivity index (χ4v) is 1.61. The van der Waals surface area contributed by atoms with Gasteiger partial charge in [-0.05, 0) is 18.1 Å². The van der Waals surface area contributed by atoms with Crippen molar-refractivity contribution >= 4 is 5.91 Å². The lowest BCUT2D eigenvalue weighted by Gasteiger charge is -2.17. The van der Waals surface area contributed by atoms with Gasteiger partial charge in [-0.15, -0.1) is 6.42 Å². The lowest BCUT2D eigenvalue weighted by Crippen LogP contribution is -2.37. The maximum absolute atomic E-state index is 12.2. The Kier molecular flexibility index (Phi) is 5.25. The highest BCUT2D eigenvalue weighted by Crippen LogP contribution is 2.24. The number of carbonyl (C=O) groups is 1. The standard InChI is InChI=1S/C15H19NO3/c1-6-13(10(2)3)16-15(17)12-8-7-11(18-4)9-14(12)19-5/h1,7-10,13H,2-5H3,(H,16,17). The predicted molar refractivity (Wildman–Crippen MR) is 74.5 cm³/mol. The van der Waals surface area contributed by atoms with Crippen LogP contribution in [0.15, 0.2) is 18.2 Å². The van der Waals surface area contributed by atoms with Crippen LogP contribution in [-0.2, 0) is 0 Å². The van der Waals surface area contributed by atoms with Gasteiger partial charge in [-0.1, -0.05) is 19.8 Å². The van der Waals surface area contributed by atoms with Gasteiger partial charge in [0.2, 0.25) is 0 Å². The van der Waals surface area contributed by atoms with Gasteiger partial charge >= 0.3 is 0 Å². The third-order valence-electron chi connectivity index (χ3n) is 2.79. The van der Waals surface area contributed by atoms with Gasteiger partial charge < -0.3 is 14.8 Å². The molecule has 102 valence electrons. The lowest BCUT2D eigenvalue weighted by molar-refractivity contribution is 0.0935. The Morgan fingerprint density at radius 2 is 2.00 bits per heavy atom. The van der Waals surface area contributed by atoms with Crippen molar-refractivity contribution in [1.29, 1.82) is 0 Å². The Balaban J connectivity index is 2.97. The molecular formula is C15H19NO3. The fraction of sp³-hybridized carbons (Fsp3) is 0.400. The molecular weight excluding hydrogens is 242 g/mol. The summed E-state index contributed by atoms with van der Waals surface area (Å²) in [7, 11) is 3.06. The van der Waals surface area contributed by atoms with Gasteiger partial charge in [-0.2, -0.15) is 0 Å². The van der Waals surface area contributed by atoms with Gasteiger partial charge in [-0.3, -0.25) is 4.79 Å². The van der Waals surface area contributed by atoms with Crippen molar-refractivity contribution in [1.82, 2.24) is 5.32 Å². The number of terminal acetylenes is 1. The minimum Gasteiger partial charge on any atom is -0.497 e. The van der Waals surface area contributed by atoms with E-state index in [4.69, 9.17) is 15.9 Å². The first kappa shape index (κ1) is 14.9. The summed E-state index contributed by atoms with van der Waals surface area (Å²) in [6, 6.07) is 4.72. The topological polar surface area (TPSA) is 47.6 Å². The van der Waals surface area contributed by atoms with Gasteiger partial charge in [-0.25, -0.2) is 0 Å². The smallest absolute Gasteiger partial charge is 0.256 e. The molecule has 1 aromatic carbocycles. The summed E-state index contributed by atoms with van der Waals surface area (Å²) in [5, 5.41) is 2.80. The van der Waals surface area contributed by atoms with Crippen LogP contribution in [0.3, 0.4) is 0 Å². The second kappa shape index (κ2) is 6.69. The van der Waals surface area contributed by atoms with Crippen LogP contribution in [0.5, 0.6) is 11.5 Å². The molecule has 19 heavy (non-hydrogen) atoms. The number of ether oxygens (including phenoxy) is 2. The summed E-state index contributed by atoms with van der Waals surface area (Å²) in [5.41, 5.74) is 0.434. The van der Waals surface area contributed by atoms with E-state index in [1.165, 1.54) is 7.11 Å². The van der Waals surface area contributed by atoms with Crippen LogP contribution in [0.1, 0.15) is 24.2 Å². The summed E-state index contributed by atoms with van der Waals surface area (Å²) in [4.78, 5) is 12.2. The van der Waals surface area contributed by atoms with Gasteiger partial charge in [0, 0.05) is 6.07 Å². The van der Waals surface area contributed by atoms with E-state index in [0.29, 0.717) is 17.1 Å². The Morgan fingerprint density at radius 1 is 1.32 bits per heavy atom. The van der Waals surface area contributed by atoms with Crippen molar-refractivity contribution in [2.45, 2.75) is 19.9 Å². The molecule has 0 saturated heterocycles. The minimum atomic E-state index is -0.306. The third kappa shape index (κ3) is 3.65. The van der Waals surface area contributed by atoms with Crippen molar-refractivity contribution in [2.75, 3.05) is 14.2 Å². The molecule has 0 aliphatic heterocycles. The zero-order valence-electron chi connectivity index (χ0n) is 11.7. The molecule has 1 unspecified atom stereocenters. The normalized spacial score (nSPS) is 11.6. The van der Waals surface area contributed by atoms with Crippen LogP contribution in [0.25, 0.3) is 0 Å². The van der Waals surface area contributed by atoms with Crippen LogP contribution in [0, 0.1) is 18.3 Å². The van der Waals surface area contributed by atoms with E-state index >= 15 is 0 Å². The van der Waals surface area contributed by atoms with Crippen molar-refractivity contribution in [3.8, 4) is 23.8 Å². The van der Waals surface area contributed by atoms with E-state index < -0.39 is 0 Å². The predicted octanol–water partition coefficient (Wildman–Crippen LogP) is 2.09. The van der Waals surface area contributed by atoms with Crippen LogP contribution in [0.4, 0.5) is 0 Å². The molecule has 1 atom stereocenters. The summed E-state index contributed by atoms with van der Waals surface area (Å²) >= 11 is 0. The highest BCUT2D eigenvalue weighted by molar-refractivity contribution is 5.97. The first-order valence-electron chi connectivity index (χ1n) is 6.02. The van der Waals surface area contributed by atoms with Gasteiger partial charge in [0.05, 0.1) is 25.8 Å². The van der Waals surface area contributed by atoms with E-state index in [0.717, 1.165) is 0 Å². The van der Waals surface area contributed by atoms with Crippen LogP contribution >= 0.6 is 0 Å². The first-order valence-corrected chi connectivity index (χ1v) is 6.02. The molecule has 0 heterocycles. The van der Waals surface area contributed by atoms with E-state index in [-0.39, 0.29) is 17.9 Å². The van der Waals surface area contributed by atoms with Gasteiger partial charge in [0.15, 0.2) is 0 Å². The number of hydrogen-bond donors (Lipinski definition) is 1. The van der Waals surface area contributed by atoms with Crippen molar-refractivity contribution < 1.29 is 14.3 Å². The fourth-order valence-electron chi connectivity index (χ4n) is 1.61. The third-order valence-corrected chi connectivity index (χ3v) is 2.79. The molecule has 0 aromatic heterocycles. The summed E-state index contributed by atoms with van der Waals surface area (Å²) in [6.45, 7) is 3.91. The number of benzene rings is 1. The molecule has 1 rings (SSSR count). The average molecular weight is 261 g/mol. The molecule has 0 bridgehead atoms. The maximum atomic E-state index is 12.2. The molecule has 0 spiro atoms. The molecule has 1 amide bonds. The molecule has 1 N–H and O–H groups in total. The second-order valence-corrected chi connectivity index (χ2v) is 4.43. The van der Waals surface area contributed by atoms with Gasteiger partial charge in [0.1, 0.15) is 11.5 Å². The second-order valence-electron chi connectivity index (χ2n) is 4.43. The molecule has 0 saturated carbocycles. The Bertz CT molecular complexity index is 489. The van der Waals surface area contributed by atoms with E-state index in [1.807, 2.05) is 13.8 Å². The number of hydrogen-bond acceptors (Lipinski definition) is 3. The van der Waals surface area contributed by atoms with Crippen LogP contribution in [-0.4, -0.2) is 26.2 Å². The summed E-state index contributed by atoms with van der Waals surface area (Å²) in [5.74, 6) is 3.56. The molecule has 4 nitrogen and oxygen atoms in total. The Labute approximate surface area is 114 Å². The summed E-state index contributed by atoms with van der Waals surface area (Å²) in [6.07, 6.45) is 5.40. The highest BCUT2D eigenvalue weighted by Gasteiger charge is 2.18. The van der Waals surface area contributed by atoms with Crippen molar-refractivity contribution in [2.24, 2.45) is 5.92 Å². The van der Waals surface area contributed by atoms with Gasteiger partial charge in [0.25, 0.3) is 5.91 Å². The van der Waals surface area contributed by atoms with Crippen LogP contribution < -0.4 is 14.8 Å². The largest absolute Gasteiger partial charge is 0.497 e. The highest BCUT2D eigenvalue weighted by atomic mass is 16.5. The SMILES string of the molecule is C#CC(NC(=O)c1ccc(OC)cc1OC)C(C)C. The quantitative estimate of drug-likeness (QED) is 0.826. The zero-order valence-corrected chi connectivity index (χ0v) is 11.7. The van der Waals surface area contributed by atoms with Crippen LogP contribution in [0.2, 0.25) is 0 Å². The Hall–Kier alpha value is -2.15. The molecule has 0 aliphatic rings. The Morgan fingerprint density at radius 3 is 2.47 bits per heavy atom. The lowest BCUT2D eigenvalue weighted by atomic mass is 10.0. The number of carbonyl (C=O) groups excluding carboxylic acids is 1. The monoisotopic (exact) mass is 261 g/mol. The van der Waals surface area contributed by atoms with E-state index in [1.54, 1.807) is 25.3 Å². The number of rotatable bonds is 5. The zero-order chi connectivity index (χ0) is 14.4. The van der Waals surface area contributed by atoms with E-state index in [9.17, 15) is 4.79 Å². The number of methoxy groups -OCH3 is 2.